The molecule has 0 bridgehead atoms. The van der Waals surface area contributed by atoms with E-state index in [1.165, 1.54) is 30.3 Å². The van der Waals surface area contributed by atoms with Crippen molar-refractivity contribution in [2.24, 2.45) is 11.8 Å². The second-order valence-electron chi connectivity index (χ2n) is 8.57. The molecule has 1 saturated carbocycles. The monoisotopic (exact) mass is 636 g/mol. The number of rotatable bonds is 7. The van der Waals surface area contributed by atoms with Crippen LogP contribution >= 0.6 is 31.9 Å². The lowest BCUT2D eigenvalue weighted by Crippen LogP contribution is -2.52. The first kappa shape index (κ1) is 26.5. The molecule has 2 aromatic carbocycles. The number of hydrazine groups is 1. The Hall–Kier alpha value is -3.52. The van der Waals surface area contributed by atoms with Crippen molar-refractivity contribution in [2.75, 3.05) is 6.54 Å². The van der Waals surface area contributed by atoms with E-state index in [1.54, 1.807) is 0 Å². The highest BCUT2D eigenvalue weighted by molar-refractivity contribution is 9.12. The molecule has 1 saturated heterocycles. The number of carbonyl (C=O) groups excluding carboxylic acids is 4. The first-order valence-corrected chi connectivity index (χ1v) is 12.8. The number of nitro groups is 2. The molecular formula is C23H18Br2N4O8. The lowest BCUT2D eigenvalue weighted by Gasteiger charge is -2.30. The standard InChI is InChI=1S/C23H18Br2N4O8/c24-17-9-15-16(10-18(17)25)23(33)27(22(15)32)26(21(31)14-3-1-2-4-19(14)29(36)37)11-20(30)12-5-7-13(8-6-12)28(34)35/h1-8,15-18H,9-11H2/t15-,16+,17-,18-/m0/s1. The average Bonchev–Trinajstić information content (AvgIpc) is 3.11. The fourth-order valence-corrected chi connectivity index (χ4v) is 5.74. The molecule has 37 heavy (non-hydrogen) atoms. The highest BCUT2D eigenvalue weighted by atomic mass is 79.9. The summed E-state index contributed by atoms with van der Waals surface area (Å²) in [7, 11) is 0. The van der Waals surface area contributed by atoms with Crippen LogP contribution in [0.5, 0.6) is 0 Å². The molecule has 0 aromatic heterocycles. The molecule has 3 amide bonds. The van der Waals surface area contributed by atoms with Gasteiger partial charge >= 0.3 is 0 Å². The van der Waals surface area contributed by atoms with E-state index in [9.17, 15) is 39.4 Å². The summed E-state index contributed by atoms with van der Waals surface area (Å²) < 4.78 is 0. The smallest absolute Gasteiger partial charge is 0.282 e. The number of nitro benzene ring substituents is 2. The minimum absolute atomic E-state index is 0.0106. The van der Waals surface area contributed by atoms with Gasteiger partial charge in [-0.3, -0.25) is 39.4 Å². The van der Waals surface area contributed by atoms with Crippen LogP contribution in [0.2, 0.25) is 0 Å². The van der Waals surface area contributed by atoms with E-state index in [0.717, 1.165) is 18.2 Å². The third kappa shape index (κ3) is 5.03. The molecule has 12 nitrogen and oxygen atoms in total. The van der Waals surface area contributed by atoms with Gasteiger partial charge in [-0.25, -0.2) is 5.01 Å². The van der Waals surface area contributed by atoms with Crippen LogP contribution < -0.4 is 0 Å². The van der Waals surface area contributed by atoms with Crippen LogP contribution in [-0.2, 0) is 9.59 Å². The number of hydrogen-bond donors (Lipinski definition) is 0. The second-order valence-corrected chi connectivity index (χ2v) is 10.9. The molecule has 1 aliphatic carbocycles. The molecule has 0 radical (unpaired) electrons. The van der Waals surface area contributed by atoms with E-state index >= 15 is 0 Å². The average molecular weight is 638 g/mol. The van der Waals surface area contributed by atoms with Gasteiger partial charge in [-0.15, -0.1) is 0 Å². The van der Waals surface area contributed by atoms with Gasteiger partial charge in [0.1, 0.15) is 12.1 Å². The fourth-order valence-electron chi connectivity index (χ4n) is 4.50. The highest BCUT2D eigenvalue weighted by Gasteiger charge is 2.55. The zero-order valence-electron chi connectivity index (χ0n) is 18.9. The molecule has 2 aromatic rings. The van der Waals surface area contributed by atoms with Gasteiger partial charge in [0.2, 0.25) is 0 Å². The lowest BCUT2D eigenvalue weighted by atomic mass is 9.81. The molecular weight excluding hydrogens is 620 g/mol. The number of amides is 3. The van der Waals surface area contributed by atoms with Crippen LogP contribution in [0, 0.1) is 32.1 Å². The van der Waals surface area contributed by atoms with Crippen molar-refractivity contribution in [1.82, 2.24) is 10.0 Å². The Morgan fingerprint density at radius 2 is 1.43 bits per heavy atom. The first-order chi connectivity index (χ1) is 17.5. The SMILES string of the molecule is O=C(CN(C(=O)c1ccccc1[N+](=O)[O-])N1C(=O)[C@H]2C[C@H](Br)[C@@H](Br)C[C@H]2C1=O)c1ccc([N+](=O)[O-])cc1. The molecule has 1 aliphatic heterocycles. The van der Waals surface area contributed by atoms with Gasteiger partial charge in [0.25, 0.3) is 29.1 Å². The van der Waals surface area contributed by atoms with Crippen LogP contribution in [0.4, 0.5) is 11.4 Å². The van der Waals surface area contributed by atoms with E-state index < -0.39 is 63.0 Å². The van der Waals surface area contributed by atoms with Gasteiger partial charge in [-0.05, 0) is 31.0 Å². The number of para-hydroxylation sites is 1. The Morgan fingerprint density at radius 3 is 1.95 bits per heavy atom. The van der Waals surface area contributed by atoms with Crippen LogP contribution in [0.25, 0.3) is 0 Å². The maximum Gasteiger partial charge on any atom is 0.282 e. The largest absolute Gasteiger partial charge is 0.292 e. The summed E-state index contributed by atoms with van der Waals surface area (Å²) >= 11 is 6.97. The zero-order valence-corrected chi connectivity index (χ0v) is 22.0. The zero-order chi connectivity index (χ0) is 27.0. The molecule has 0 unspecified atom stereocenters. The molecule has 14 heteroatoms. The highest BCUT2D eigenvalue weighted by Crippen LogP contribution is 2.44. The van der Waals surface area contributed by atoms with Gasteiger partial charge in [-0.1, -0.05) is 44.0 Å². The summed E-state index contributed by atoms with van der Waals surface area (Å²) in [5, 5.41) is 23.8. The Labute approximate surface area is 226 Å². The van der Waals surface area contributed by atoms with Gasteiger partial charge in [0, 0.05) is 33.4 Å². The first-order valence-electron chi connectivity index (χ1n) is 11.0. The third-order valence-corrected chi connectivity index (χ3v) is 9.12. The summed E-state index contributed by atoms with van der Waals surface area (Å²) in [5.41, 5.74) is -1.23. The van der Waals surface area contributed by atoms with Crippen molar-refractivity contribution in [3.05, 3.63) is 79.9 Å². The molecule has 192 valence electrons. The Bertz CT molecular complexity index is 1290. The number of non-ortho nitro benzene ring substituents is 1. The number of alkyl halides is 2. The fraction of sp³-hybridized carbons (Fsp3) is 0.304. The van der Waals surface area contributed by atoms with Gasteiger partial charge in [0.15, 0.2) is 5.78 Å². The summed E-state index contributed by atoms with van der Waals surface area (Å²) in [4.78, 5) is 74.4. The van der Waals surface area contributed by atoms with E-state index in [0.29, 0.717) is 22.9 Å². The Balaban J connectivity index is 1.73. The van der Waals surface area contributed by atoms with Crippen LogP contribution in [0.1, 0.15) is 33.6 Å². The predicted molar refractivity (Wildman–Crippen MR) is 135 cm³/mol. The number of Topliss-reactive ketones (excluding diaryl/α,β-unsaturated/α-hetero) is 1. The van der Waals surface area contributed by atoms with Crippen LogP contribution in [0.3, 0.4) is 0 Å². The van der Waals surface area contributed by atoms with Crippen molar-refractivity contribution in [3.63, 3.8) is 0 Å². The molecule has 4 atom stereocenters. The van der Waals surface area contributed by atoms with E-state index in [-0.39, 0.29) is 20.9 Å². The predicted octanol–water partition coefficient (Wildman–Crippen LogP) is 3.67. The molecule has 2 aliphatic rings. The van der Waals surface area contributed by atoms with Crippen molar-refractivity contribution in [1.29, 1.82) is 0 Å². The quantitative estimate of drug-likeness (QED) is 0.146. The van der Waals surface area contributed by atoms with Crippen LogP contribution in [0.15, 0.2) is 48.5 Å². The second kappa shape index (κ2) is 10.5. The number of ketones is 1. The van der Waals surface area contributed by atoms with Gasteiger partial charge < -0.3 is 0 Å². The maximum absolute atomic E-state index is 13.6. The van der Waals surface area contributed by atoms with Crippen molar-refractivity contribution in [2.45, 2.75) is 22.5 Å². The minimum atomic E-state index is -1.08. The normalized spacial score (nSPS) is 22.9. The van der Waals surface area contributed by atoms with Crippen molar-refractivity contribution < 1.29 is 29.0 Å². The van der Waals surface area contributed by atoms with Crippen LogP contribution in [-0.4, -0.2) is 59.6 Å². The molecule has 0 spiro atoms. The number of carbonyl (C=O) groups is 4. The molecule has 0 N–H and O–H groups in total. The Kier molecular flexibility index (Phi) is 7.50. The van der Waals surface area contributed by atoms with Crippen molar-refractivity contribution >= 4 is 66.7 Å². The summed E-state index contributed by atoms with van der Waals surface area (Å²) in [5.74, 6) is -4.63. The number of imide groups is 1. The molecule has 1 heterocycles. The summed E-state index contributed by atoms with van der Waals surface area (Å²) in [6, 6.07) is 9.59. The van der Waals surface area contributed by atoms with E-state index in [1.807, 2.05) is 0 Å². The number of hydrogen-bond acceptors (Lipinski definition) is 8. The Morgan fingerprint density at radius 1 is 0.892 bits per heavy atom. The van der Waals surface area contributed by atoms with Gasteiger partial charge in [-0.2, -0.15) is 5.01 Å². The van der Waals surface area contributed by atoms with Crippen molar-refractivity contribution in [3.8, 4) is 0 Å². The van der Waals surface area contributed by atoms with E-state index in [4.69, 9.17) is 0 Å². The summed E-state index contributed by atoms with van der Waals surface area (Å²) in [6.07, 6.45) is 0.622. The number of nitrogens with zero attached hydrogens (tertiary/aromatic N) is 4. The molecule has 4 rings (SSSR count). The topological polar surface area (TPSA) is 161 Å². The summed E-state index contributed by atoms with van der Waals surface area (Å²) in [6.45, 7) is -0.797. The number of fused-ring (bicyclic) bond motifs is 1. The maximum atomic E-state index is 13.6. The minimum Gasteiger partial charge on any atom is -0.292 e. The third-order valence-electron chi connectivity index (χ3n) is 6.39. The van der Waals surface area contributed by atoms with Gasteiger partial charge in [0.05, 0.1) is 21.7 Å². The number of halogens is 2. The molecule has 2 fully saturated rings. The van der Waals surface area contributed by atoms with E-state index in [2.05, 4.69) is 31.9 Å². The lowest BCUT2D eigenvalue weighted by molar-refractivity contribution is -0.385. The number of benzene rings is 2.